The van der Waals surface area contributed by atoms with E-state index in [1.54, 1.807) is 11.8 Å². The highest BCUT2D eigenvalue weighted by Crippen LogP contribution is 2.15. The van der Waals surface area contributed by atoms with Gasteiger partial charge in [-0.05, 0) is 6.07 Å². The average Bonchev–Trinajstić information content (AvgIpc) is 2.79. The van der Waals surface area contributed by atoms with Crippen LogP contribution in [0.1, 0.15) is 11.3 Å². The molecule has 5 heteroatoms. The summed E-state index contributed by atoms with van der Waals surface area (Å²) in [6.45, 7) is 0.569. The van der Waals surface area contributed by atoms with Crippen molar-refractivity contribution >= 4 is 15.9 Å². The molecule has 0 fully saturated rings. The molecule has 0 atom stereocenters. The number of alkyl halides is 1. The van der Waals surface area contributed by atoms with E-state index in [0.717, 1.165) is 16.9 Å². The summed E-state index contributed by atoms with van der Waals surface area (Å²) in [4.78, 5) is 0. The van der Waals surface area contributed by atoms with Gasteiger partial charge in [-0.3, -0.25) is 0 Å². The normalized spacial score (nSPS) is 10.6. The highest BCUT2D eigenvalue weighted by atomic mass is 79.9. The summed E-state index contributed by atoms with van der Waals surface area (Å²) in [7, 11) is 1.68. The van der Waals surface area contributed by atoms with Gasteiger partial charge in [-0.15, -0.1) is 5.10 Å². The van der Waals surface area contributed by atoms with Crippen molar-refractivity contribution in [3.05, 3.63) is 41.7 Å². The van der Waals surface area contributed by atoms with Gasteiger partial charge in [0.2, 0.25) is 0 Å². The van der Waals surface area contributed by atoms with Crippen LogP contribution in [0, 0.1) is 0 Å². The molecule has 0 bridgehead atoms. The van der Waals surface area contributed by atoms with E-state index < -0.39 is 0 Å². The number of nitrogens with zero attached hydrogens (tertiary/aromatic N) is 3. The van der Waals surface area contributed by atoms with Crippen LogP contribution in [0.3, 0.4) is 0 Å². The molecule has 0 N–H and O–H groups in total. The molecule has 2 aromatic rings. The molecule has 0 unspecified atom stereocenters. The number of benzene rings is 1. The van der Waals surface area contributed by atoms with Gasteiger partial charge in [0.05, 0.1) is 24.2 Å². The van der Waals surface area contributed by atoms with Gasteiger partial charge in [-0.2, -0.15) is 0 Å². The number of para-hydroxylation sites is 1. The molecule has 2 rings (SSSR count). The maximum atomic E-state index is 5.15. The lowest BCUT2D eigenvalue weighted by molar-refractivity contribution is 0.184. The average molecular weight is 282 g/mol. The van der Waals surface area contributed by atoms with Crippen molar-refractivity contribution in [2.75, 3.05) is 7.11 Å². The van der Waals surface area contributed by atoms with Crippen molar-refractivity contribution in [1.82, 2.24) is 15.0 Å². The summed E-state index contributed by atoms with van der Waals surface area (Å²) in [6.07, 6.45) is 1.91. The third kappa shape index (κ3) is 2.31. The highest BCUT2D eigenvalue weighted by molar-refractivity contribution is 9.08. The topological polar surface area (TPSA) is 39.9 Å². The summed E-state index contributed by atoms with van der Waals surface area (Å²) in [5, 5.41) is 8.83. The van der Waals surface area contributed by atoms with Gasteiger partial charge >= 0.3 is 0 Å². The zero-order valence-electron chi connectivity index (χ0n) is 8.93. The molecule has 0 radical (unpaired) electrons. The van der Waals surface area contributed by atoms with E-state index in [1.807, 2.05) is 30.5 Å². The molecule has 1 heterocycles. The standard InChI is InChI=1S/C11H12BrN3O/c1-16-8-9-4-2-3-5-11(9)15-7-10(6-12)13-14-15/h2-5,7H,6,8H2,1H3. The second-order valence-electron chi connectivity index (χ2n) is 3.35. The fourth-order valence-electron chi connectivity index (χ4n) is 1.49. The molecule has 84 valence electrons. The second-order valence-corrected chi connectivity index (χ2v) is 3.91. The monoisotopic (exact) mass is 281 g/mol. The first-order valence-corrected chi connectivity index (χ1v) is 6.01. The lowest BCUT2D eigenvalue weighted by Crippen LogP contribution is -2.01. The van der Waals surface area contributed by atoms with Gasteiger partial charge in [-0.25, -0.2) is 4.68 Å². The van der Waals surface area contributed by atoms with E-state index in [2.05, 4.69) is 26.2 Å². The van der Waals surface area contributed by atoms with Crippen LogP contribution in [-0.4, -0.2) is 22.1 Å². The van der Waals surface area contributed by atoms with Gasteiger partial charge in [0.15, 0.2) is 0 Å². The van der Waals surface area contributed by atoms with Crippen molar-refractivity contribution in [2.45, 2.75) is 11.9 Å². The molecule has 0 amide bonds. The number of halogens is 1. The molecular weight excluding hydrogens is 270 g/mol. The zero-order chi connectivity index (χ0) is 11.4. The molecule has 0 spiro atoms. The molecule has 0 saturated heterocycles. The lowest BCUT2D eigenvalue weighted by Gasteiger charge is -2.07. The van der Waals surface area contributed by atoms with Gasteiger partial charge in [0.25, 0.3) is 0 Å². The predicted octanol–water partition coefficient (Wildman–Crippen LogP) is 2.31. The number of rotatable bonds is 4. The fourth-order valence-corrected chi connectivity index (χ4v) is 1.75. The van der Waals surface area contributed by atoms with E-state index >= 15 is 0 Å². The Morgan fingerprint density at radius 2 is 2.19 bits per heavy atom. The van der Waals surface area contributed by atoms with Crippen molar-refractivity contribution in [1.29, 1.82) is 0 Å². The Morgan fingerprint density at radius 3 is 2.88 bits per heavy atom. The maximum absolute atomic E-state index is 5.15. The fraction of sp³-hybridized carbons (Fsp3) is 0.273. The van der Waals surface area contributed by atoms with Crippen LogP contribution in [0.5, 0.6) is 0 Å². The van der Waals surface area contributed by atoms with E-state index in [4.69, 9.17) is 4.74 Å². The Morgan fingerprint density at radius 1 is 1.38 bits per heavy atom. The summed E-state index contributed by atoms with van der Waals surface area (Å²) in [5.41, 5.74) is 3.01. The molecule has 1 aromatic heterocycles. The molecule has 0 aliphatic rings. The summed E-state index contributed by atoms with van der Waals surface area (Å²) in [5.74, 6) is 0. The van der Waals surface area contributed by atoms with Crippen LogP contribution in [0.25, 0.3) is 5.69 Å². The first-order chi connectivity index (χ1) is 7.85. The minimum Gasteiger partial charge on any atom is -0.380 e. The Hall–Kier alpha value is -1.20. The summed E-state index contributed by atoms with van der Waals surface area (Å²) >= 11 is 3.35. The Labute approximate surface area is 102 Å². The van der Waals surface area contributed by atoms with E-state index in [9.17, 15) is 0 Å². The first-order valence-electron chi connectivity index (χ1n) is 4.89. The second kappa shape index (κ2) is 5.23. The molecule has 1 aromatic carbocycles. The minimum absolute atomic E-state index is 0.569. The Bertz CT molecular complexity index is 470. The van der Waals surface area contributed by atoms with E-state index in [1.165, 1.54) is 0 Å². The van der Waals surface area contributed by atoms with Crippen molar-refractivity contribution in [2.24, 2.45) is 0 Å². The molecule has 0 aliphatic heterocycles. The highest BCUT2D eigenvalue weighted by Gasteiger charge is 2.06. The van der Waals surface area contributed by atoms with Crippen LogP contribution >= 0.6 is 15.9 Å². The van der Waals surface area contributed by atoms with Gasteiger partial charge in [-0.1, -0.05) is 39.3 Å². The third-order valence-corrected chi connectivity index (χ3v) is 2.79. The predicted molar refractivity (Wildman–Crippen MR) is 64.7 cm³/mol. The Kier molecular flexibility index (Phi) is 3.69. The van der Waals surface area contributed by atoms with Gasteiger partial charge in [0.1, 0.15) is 0 Å². The van der Waals surface area contributed by atoms with Gasteiger partial charge < -0.3 is 4.74 Å². The van der Waals surface area contributed by atoms with Crippen molar-refractivity contribution < 1.29 is 4.74 Å². The van der Waals surface area contributed by atoms with E-state index in [0.29, 0.717) is 11.9 Å². The van der Waals surface area contributed by atoms with Crippen molar-refractivity contribution in [3.8, 4) is 5.69 Å². The SMILES string of the molecule is COCc1ccccc1-n1cc(CBr)nn1. The largest absolute Gasteiger partial charge is 0.380 e. The van der Waals surface area contributed by atoms with Crippen LogP contribution in [-0.2, 0) is 16.7 Å². The van der Waals surface area contributed by atoms with Crippen LogP contribution in [0.4, 0.5) is 0 Å². The first kappa shape index (κ1) is 11.3. The summed E-state index contributed by atoms with van der Waals surface area (Å²) < 4.78 is 6.92. The van der Waals surface area contributed by atoms with Gasteiger partial charge in [0, 0.05) is 18.0 Å². The number of methoxy groups -OCH3 is 1. The number of hydrogen-bond donors (Lipinski definition) is 0. The van der Waals surface area contributed by atoms with Crippen LogP contribution in [0.15, 0.2) is 30.5 Å². The van der Waals surface area contributed by atoms with E-state index in [-0.39, 0.29) is 0 Å². The molecule has 16 heavy (non-hydrogen) atoms. The number of ether oxygens (including phenoxy) is 1. The lowest BCUT2D eigenvalue weighted by atomic mass is 10.2. The summed E-state index contributed by atoms with van der Waals surface area (Å²) in [6, 6.07) is 7.99. The molecule has 0 saturated carbocycles. The Balaban J connectivity index is 2.38. The minimum atomic E-state index is 0.569. The smallest absolute Gasteiger partial charge is 0.0937 e. The molecular formula is C11H12BrN3O. The maximum Gasteiger partial charge on any atom is 0.0937 e. The quantitative estimate of drug-likeness (QED) is 0.808. The third-order valence-electron chi connectivity index (χ3n) is 2.22. The molecule has 4 nitrogen and oxygen atoms in total. The van der Waals surface area contributed by atoms with Crippen LogP contribution < -0.4 is 0 Å². The zero-order valence-corrected chi connectivity index (χ0v) is 10.5. The molecule has 0 aliphatic carbocycles. The number of hydrogen-bond acceptors (Lipinski definition) is 3. The van der Waals surface area contributed by atoms with Crippen molar-refractivity contribution in [3.63, 3.8) is 0 Å². The van der Waals surface area contributed by atoms with Crippen LogP contribution in [0.2, 0.25) is 0 Å². The number of aromatic nitrogens is 3.